The number of carbonyl (C=O) groups is 2. The van der Waals surface area contributed by atoms with Crippen molar-refractivity contribution in [1.29, 1.82) is 0 Å². The van der Waals surface area contributed by atoms with Crippen molar-refractivity contribution >= 4 is 11.8 Å². The van der Waals surface area contributed by atoms with E-state index in [1.807, 2.05) is 24.3 Å². The van der Waals surface area contributed by atoms with Gasteiger partial charge < -0.3 is 15.3 Å². The lowest BCUT2D eigenvalue weighted by atomic mass is 9.88. The predicted molar refractivity (Wildman–Crippen MR) is 110 cm³/mol. The molecule has 1 saturated carbocycles. The molecule has 0 aromatic rings. The Morgan fingerprint density at radius 1 is 1.32 bits per heavy atom. The molecule has 0 heterocycles. The molecule has 1 fully saturated rings. The van der Waals surface area contributed by atoms with E-state index in [-0.39, 0.29) is 30.5 Å². The number of Topliss-reactive ketones (excluding diaryl/α,β-unsaturated/α-hetero) is 1. The summed E-state index contributed by atoms with van der Waals surface area (Å²) in [5.41, 5.74) is 1.65. The van der Waals surface area contributed by atoms with Gasteiger partial charge in [0.05, 0.1) is 11.7 Å². The van der Waals surface area contributed by atoms with E-state index in [0.29, 0.717) is 32.1 Å². The highest BCUT2D eigenvalue weighted by atomic mass is 16.4. The van der Waals surface area contributed by atoms with Crippen molar-refractivity contribution in [1.82, 2.24) is 0 Å². The zero-order valence-corrected chi connectivity index (χ0v) is 16.8. The van der Waals surface area contributed by atoms with Gasteiger partial charge in [0.15, 0.2) is 0 Å². The summed E-state index contributed by atoms with van der Waals surface area (Å²) in [6.07, 6.45) is 13.4. The SMILES string of the molecule is C=C=CC(O)(CC=C[C@H]1C(=O)C[C@H](O)[C@@H]1CC=CCCCC(=O)O)CCCC. The zero-order chi connectivity index (χ0) is 21.0. The first-order chi connectivity index (χ1) is 13.3. The molecule has 0 aliphatic heterocycles. The van der Waals surface area contributed by atoms with Crippen molar-refractivity contribution in [2.45, 2.75) is 76.4 Å². The van der Waals surface area contributed by atoms with Crippen molar-refractivity contribution in [3.05, 3.63) is 42.7 Å². The van der Waals surface area contributed by atoms with Gasteiger partial charge in [-0.2, -0.15) is 0 Å². The van der Waals surface area contributed by atoms with Crippen molar-refractivity contribution < 1.29 is 24.9 Å². The number of hydrogen-bond acceptors (Lipinski definition) is 4. The van der Waals surface area contributed by atoms with E-state index in [1.165, 1.54) is 0 Å². The predicted octanol–water partition coefficient (Wildman–Crippen LogP) is 3.96. The van der Waals surface area contributed by atoms with Gasteiger partial charge in [-0.1, -0.05) is 50.6 Å². The Hall–Kier alpha value is -1.94. The zero-order valence-electron chi connectivity index (χ0n) is 16.8. The summed E-state index contributed by atoms with van der Waals surface area (Å²) >= 11 is 0. The maximum atomic E-state index is 12.3. The van der Waals surface area contributed by atoms with Gasteiger partial charge in [-0.25, -0.2) is 0 Å². The number of rotatable bonds is 13. The van der Waals surface area contributed by atoms with Gasteiger partial charge in [-0.05, 0) is 38.2 Å². The number of hydrogen-bond donors (Lipinski definition) is 3. The molecule has 0 spiro atoms. The van der Waals surface area contributed by atoms with Crippen molar-refractivity contribution in [3.8, 4) is 0 Å². The van der Waals surface area contributed by atoms with Gasteiger partial charge in [0.2, 0.25) is 0 Å². The number of carboxylic acids is 1. The van der Waals surface area contributed by atoms with E-state index in [4.69, 9.17) is 5.11 Å². The van der Waals surface area contributed by atoms with Gasteiger partial charge in [-0.3, -0.25) is 9.59 Å². The molecular weight excluding hydrogens is 356 g/mol. The van der Waals surface area contributed by atoms with Crippen molar-refractivity contribution in [2.24, 2.45) is 11.8 Å². The number of allylic oxidation sites excluding steroid dienone is 3. The molecule has 1 rings (SSSR count). The quantitative estimate of drug-likeness (QED) is 0.251. The first-order valence-corrected chi connectivity index (χ1v) is 10.2. The number of unbranched alkanes of at least 4 members (excludes halogenated alkanes) is 2. The second-order valence-corrected chi connectivity index (χ2v) is 7.61. The van der Waals surface area contributed by atoms with Crippen LogP contribution in [0.15, 0.2) is 42.7 Å². The minimum atomic E-state index is -1.01. The highest BCUT2D eigenvalue weighted by molar-refractivity contribution is 5.86. The van der Waals surface area contributed by atoms with E-state index in [9.17, 15) is 19.8 Å². The lowest BCUT2D eigenvalue weighted by Gasteiger charge is -2.22. The summed E-state index contributed by atoms with van der Waals surface area (Å²) in [4.78, 5) is 22.8. The topological polar surface area (TPSA) is 94.8 Å². The Kier molecular flexibility index (Phi) is 10.8. The van der Waals surface area contributed by atoms with Crippen LogP contribution in [0.5, 0.6) is 0 Å². The Bertz CT molecular complexity index is 614. The number of aliphatic hydroxyl groups excluding tert-OH is 1. The molecule has 0 bridgehead atoms. The fourth-order valence-electron chi connectivity index (χ4n) is 3.59. The minimum absolute atomic E-state index is 0.0180. The fourth-order valence-corrected chi connectivity index (χ4v) is 3.59. The number of ketones is 1. The van der Waals surface area contributed by atoms with Crippen LogP contribution in [-0.2, 0) is 9.59 Å². The Morgan fingerprint density at radius 2 is 2.07 bits per heavy atom. The van der Waals surface area contributed by atoms with Crippen molar-refractivity contribution in [3.63, 3.8) is 0 Å². The van der Waals surface area contributed by atoms with Gasteiger partial charge in [0.1, 0.15) is 5.78 Å². The second kappa shape index (κ2) is 12.5. The van der Waals surface area contributed by atoms with Crippen LogP contribution in [0, 0.1) is 11.8 Å². The van der Waals surface area contributed by atoms with Crippen LogP contribution in [0.3, 0.4) is 0 Å². The molecule has 5 nitrogen and oxygen atoms in total. The van der Waals surface area contributed by atoms with Gasteiger partial charge in [0.25, 0.3) is 0 Å². The van der Waals surface area contributed by atoms with E-state index in [2.05, 4.69) is 19.2 Å². The summed E-state index contributed by atoms with van der Waals surface area (Å²) in [6.45, 7) is 5.61. The standard InChI is InChI=1S/C23H34O5/c1-3-5-15-23(28,14-4-2)16-10-12-19-18(20(24)17-21(19)25)11-8-6-7-9-13-22(26)27/h6,8,10,12,14,18-20,24,28H,2-3,5,7,9,11,13,15-17H2,1H3,(H,26,27)/t18-,19-,20+,23?/m1/s1. The molecule has 5 heteroatoms. The molecule has 0 aromatic carbocycles. The number of aliphatic carboxylic acids is 1. The van der Waals surface area contributed by atoms with E-state index < -0.39 is 17.7 Å². The molecule has 1 aliphatic rings. The number of carboxylic acid groups (broad SMARTS) is 1. The molecule has 0 saturated heterocycles. The average Bonchev–Trinajstić information content (AvgIpc) is 2.89. The first kappa shape index (κ1) is 24.1. The van der Waals surface area contributed by atoms with E-state index >= 15 is 0 Å². The third-order valence-electron chi connectivity index (χ3n) is 5.22. The summed E-state index contributed by atoms with van der Waals surface area (Å²) in [6, 6.07) is 0. The lowest BCUT2D eigenvalue weighted by molar-refractivity contribution is -0.137. The van der Waals surface area contributed by atoms with Crippen LogP contribution in [-0.4, -0.2) is 38.8 Å². The molecule has 1 aliphatic carbocycles. The summed E-state index contributed by atoms with van der Waals surface area (Å²) in [5.74, 6) is -1.33. The first-order valence-electron chi connectivity index (χ1n) is 10.2. The smallest absolute Gasteiger partial charge is 0.303 e. The number of aliphatic hydroxyl groups is 2. The van der Waals surface area contributed by atoms with Gasteiger partial charge >= 0.3 is 5.97 Å². The molecule has 28 heavy (non-hydrogen) atoms. The maximum Gasteiger partial charge on any atom is 0.303 e. The third kappa shape index (κ3) is 8.39. The minimum Gasteiger partial charge on any atom is -0.481 e. The molecule has 1 unspecified atom stereocenters. The molecule has 156 valence electrons. The molecule has 3 N–H and O–H groups in total. The largest absolute Gasteiger partial charge is 0.481 e. The Morgan fingerprint density at radius 3 is 2.71 bits per heavy atom. The highest BCUT2D eigenvalue weighted by Crippen LogP contribution is 2.34. The summed E-state index contributed by atoms with van der Waals surface area (Å²) < 4.78 is 0. The normalized spacial score (nSPS) is 24.5. The molecular formula is C23H34O5. The fraction of sp³-hybridized carbons (Fsp3) is 0.609. The van der Waals surface area contributed by atoms with Crippen LogP contribution in [0.2, 0.25) is 0 Å². The Balaban J connectivity index is 2.65. The second-order valence-electron chi connectivity index (χ2n) is 7.61. The number of carbonyl (C=O) groups excluding carboxylic acids is 1. The molecule has 0 aromatic heterocycles. The van der Waals surface area contributed by atoms with E-state index in [0.717, 1.165) is 12.8 Å². The van der Waals surface area contributed by atoms with Crippen LogP contribution in [0.4, 0.5) is 0 Å². The molecule has 0 amide bonds. The summed E-state index contributed by atoms with van der Waals surface area (Å²) in [5, 5.41) is 29.5. The lowest BCUT2D eigenvalue weighted by Crippen LogP contribution is -2.25. The van der Waals surface area contributed by atoms with Crippen LogP contribution >= 0.6 is 0 Å². The Labute approximate surface area is 168 Å². The average molecular weight is 391 g/mol. The van der Waals surface area contributed by atoms with E-state index in [1.54, 1.807) is 6.08 Å². The summed E-state index contributed by atoms with van der Waals surface area (Å²) in [7, 11) is 0. The maximum absolute atomic E-state index is 12.3. The van der Waals surface area contributed by atoms with Crippen LogP contribution in [0.25, 0.3) is 0 Å². The van der Waals surface area contributed by atoms with Crippen LogP contribution in [0.1, 0.15) is 64.7 Å². The van der Waals surface area contributed by atoms with Crippen LogP contribution < -0.4 is 0 Å². The van der Waals surface area contributed by atoms with Crippen molar-refractivity contribution in [2.75, 3.05) is 0 Å². The third-order valence-corrected chi connectivity index (χ3v) is 5.22. The van der Waals surface area contributed by atoms with Gasteiger partial charge in [0, 0.05) is 24.7 Å². The van der Waals surface area contributed by atoms with Gasteiger partial charge in [-0.15, -0.1) is 5.73 Å². The molecule has 4 atom stereocenters. The molecule has 0 radical (unpaired) electrons. The highest BCUT2D eigenvalue weighted by Gasteiger charge is 2.39. The monoisotopic (exact) mass is 390 g/mol.